The van der Waals surface area contributed by atoms with Crippen LogP contribution < -0.4 is 11.2 Å². The zero-order valence-corrected chi connectivity index (χ0v) is 19.3. The van der Waals surface area contributed by atoms with Gasteiger partial charge >= 0.3 is 22.1 Å². The molecule has 2 aromatic heterocycles. The van der Waals surface area contributed by atoms with Crippen LogP contribution in [0.5, 0.6) is 5.75 Å². The number of rotatable bonds is 8. The molecule has 0 saturated carbocycles. The molecule has 3 N–H and O–H groups in total. The summed E-state index contributed by atoms with van der Waals surface area (Å²) in [6.45, 7) is 1.17. The second-order valence-electron chi connectivity index (χ2n) is 7.14. The number of aryl methyl sites for hydroxylation is 1. The minimum absolute atomic E-state index is 0.00214. The van der Waals surface area contributed by atoms with Crippen molar-refractivity contribution in [2.45, 2.75) is 19.1 Å². The topological polar surface area (TPSA) is 200 Å². The summed E-state index contributed by atoms with van der Waals surface area (Å²) in [7, 11) is -2.44. The van der Waals surface area contributed by atoms with E-state index in [1.165, 1.54) is 51.4 Å². The summed E-state index contributed by atoms with van der Waals surface area (Å²) in [5, 5.41) is 9.40. The minimum atomic E-state index is -4.98. The first kappa shape index (κ1) is 25.5. The Kier molecular flexibility index (Phi) is 7.33. The monoisotopic (exact) mass is 508 g/mol. The third-order valence-corrected chi connectivity index (χ3v) is 5.21. The molecular formula is C20H20N4O10S. The zero-order valence-electron chi connectivity index (χ0n) is 18.5. The van der Waals surface area contributed by atoms with Gasteiger partial charge in [0.2, 0.25) is 5.76 Å². The Labute approximate surface area is 197 Å². The fourth-order valence-corrected chi connectivity index (χ4v) is 3.49. The third-order valence-electron chi connectivity index (χ3n) is 4.67. The van der Waals surface area contributed by atoms with Crippen LogP contribution in [0.3, 0.4) is 0 Å². The molecule has 0 aliphatic heterocycles. The summed E-state index contributed by atoms with van der Waals surface area (Å²) in [6.07, 6.45) is -0.783. The molecule has 3 rings (SSSR count). The van der Waals surface area contributed by atoms with Gasteiger partial charge in [-0.05, 0) is 30.7 Å². The van der Waals surface area contributed by atoms with Crippen molar-refractivity contribution in [3.63, 3.8) is 0 Å². The van der Waals surface area contributed by atoms with E-state index >= 15 is 0 Å². The molecule has 0 aliphatic carbocycles. The average Bonchev–Trinajstić information content (AvgIpc) is 2.79. The molecule has 186 valence electrons. The Morgan fingerprint density at radius 2 is 1.89 bits per heavy atom. The summed E-state index contributed by atoms with van der Waals surface area (Å²) < 4.78 is 47.7. The van der Waals surface area contributed by atoms with Crippen LogP contribution in [0, 0.1) is 0 Å². The number of phenols is 1. The number of hydrogen-bond donors (Lipinski definition) is 3. The Balaban J connectivity index is 2.04. The molecular weight excluding hydrogens is 488 g/mol. The first-order chi connectivity index (χ1) is 16.4. The number of phenolic OH excluding ortho intramolecular Hbond substituents is 1. The lowest BCUT2D eigenvalue weighted by atomic mass is 10.1. The summed E-state index contributed by atoms with van der Waals surface area (Å²) >= 11 is 0. The number of carbonyl (C=O) groups excluding carboxylic acids is 1. The fraction of sp³-hybridized carbons (Fsp3) is 0.250. The normalized spacial score (nSPS) is 13.9. The lowest BCUT2D eigenvalue weighted by Crippen LogP contribution is -2.31. The van der Waals surface area contributed by atoms with Crippen LogP contribution in [0.4, 0.5) is 0 Å². The summed E-state index contributed by atoms with van der Waals surface area (Å²) in [5.41, 5.74) is -1.74. The van der Waals surface area contributed by atoms with Crippen molar-refractivity contribution >= 4 is 33.6 Å². The number of nitrogens with one attached hydrogen (secondary N) is 1. The molecule has 35 heavy (non-hydrogen) atoms. The van der Waals surface area contributed by atoms with Crippen LogP contribution in [0.25, 0.3) is 17.2 Å². The lowest BCUT2D eigenvalue weighted by molar-refractivity contribution is -0.153. The molecule has 15 heteroatoms. The largest absolute Gasteiger partial charge is 0.508 e. The summed E-state index contributed by atoms with van der Waals surface area (Å²) in [6, 6.07) is 5.75. The van der Waals surface area contributed by atoms with Crippen molar-refractivity contribution in [3.8, 4) is 5.75 Å². The maximum absolute atomic E-state index is 12.8. The number of aromatic hydroxyl groups is 1. The van der Waals surface area contributed by atoms with Crippen LogP contribution in [-0.4, -0.2) is 56.8 Å². The second-order valence-corrected chi connectivity index (χ2v) is 8.19. The van der Waals surface area contributed by atoms with Crippen LogP contribution in [0.15, 0.2) is 45.8 Å². The maximum Gasteiger partial charge on any atom is 0.397 e. The van der Waals surface area contributed by atoms with Crippen molar-refractivity contribution in [2.75, 3.05) is 7.11 Å². The van der Waals surface area contributed by atoms with E-state index < -0.39 is 39.8 Å². The molecule has 0 bridgehead atoms. The van der Waals surface area contributed by atoms with E-state index in [0.29, 0.717) is 5.56 Å². The molecule has 0 spiro atoms. The van der Waals surface area contributed by atoms with E-state index in [0.717, 1.165) is 10.8 Å². The number of esters is 1. The van der Waals surface area contributed by atoms with Gasteiger partial charge < -0.3 is 14.6 Å². The van der Waals surface area contributed by atoms with E-state index in [4.69, 9.17) is 14.0 Å². The molecule has 0 unspecified atom stereocenters. The summed E-state index contributed by atoms with van der Waals surface area (Å²) in [4.78, 5) is 47.0. The Hall–Kier alpha value is -4.08. The quantitative estimate of drug-likeness (QED) is 0.162. The highest BCUT2D eigenvalue weighted by atomic mass is 32.3. The number of benzene rings is 1. The van der Waals surface area contributed by atoms with E-state index in [-0.39, 0.29) is 28.4 Å². The van der Waals surface area contributed by atoms with Crippen LogP contribution in [0.2, 0.25) is 0 Å². The van der Waals surface area contributed by atoms with Gasteiger partial charge in [0, 0.05) is 7.05 Å². The number of aromatic nitrogens is 4. The van der Waals surface area contributed by atoms with Gasteiger partial charge in [0.15, 0.2) is 17.3 Å². The molecule has 0 fully saturated rings. The zero-order chi connectivity index (χ0) is 25.9. The SMILES string of the molecule is COC(=Cc1ccc(O)cc1)C(=O)O[C@H](c1cnc2c(n1)c(=O)[nH]c(=O)n2C)[C@@H](C)OS(=O)(=O)O. The van der Waals surface area contributed by atoms with Crippen LogP contribution in [-0.2, 0) is 35.9 Å². The van der Waals surface area contributed by atoms with Crippen molar-refractivity contribution in [3.05, 3.63) is 68.3 Å². The molecule has 0 amide bonds. The van der Waals surface area contributed by atoms with Gasteiger partial charge in [0.25, 0.3) is 5.56 Å². The molecule has 1 aromatic carbocycles. The van der Waals surface area contributed by atoms with Crippen molar-refractivity contribution < 1.29 is 36.5 Å². The second kappa shape index (κ2) is 10.0. The molecule has 2 atom stereocenters. The van der Waals surface area contributed by atoms with Gasteiger partial charge in [-0.2, -0.15) is 8.42 Å². The van der Waals surface area contributed by atoms with Gasteiger partial charge in [0.1, 0.15) is 17.5 Å². The highest BCUT2D eigenvalue weighted by Crippen LogP contribution is 2.25. The Bertz CT molecular complexity index is 1510. The van der Waals surface area contributed by atoms with Crippen molar-refractivity contribution in [2.24, 2.45) is 7.05 Å². The van der Waals surface area contributed by atoms with E-state index in [9.17, 15) is 27.9 Å². The summed E-state index contributed by atoms with van der Waals surface area (Å²) in [5.74, 6) is -1.39. The minimum Gasteiger partial charge on any atom is -0.508 e. The van der Waals surface area contributed by atoms with Gasteiger partial charge in [0.05, 0.1) is 13.3 Å². The Morgan fingerprint density at radius 3 is 2.49 bits per heavy atom. The molecule has 14 nitrogen and oxygen atoms in total. The Morgan fingerprint density at radius 1 is 1.23 bits per heavy atom. The van der Waals surface area contributed by atoms with Crippen molar-refractivity contribution in [1.29, 1.82) is 0 Å². The predicted octanol–water partition coefficient (Wildman–Crippen LogP) is 0.202. The number of H-pyrrole nitrogens is 1. The lowest BCUT2D eigenvalue weighted by Gasteiger charge is -2.23. The van der Waals surface area contributed by atoms with Gasteiger partial charge in [-0.25, -0.2) is 23.7 Å². The number of methoxy groups -OCH3 is 1. The van der Waals surface area contributed by atoms with Crippen molar-refractivity contribution in [1.82, 2.24) is 19.5 Å². The number of carbonyl (C=O) groups is 1. The number of fused-ring (bicyclic) bond motifs is 1. The maximum atomic E-state index is 12.8. The predicted molar refractivity (Wildman–Crippen MR) is 119 cm³/mol. The highest BCUT2D eigenvalue weighted by molar-refractivity contribution is 7.80. The first-order valence-electron chi connectivity index (χ1n) is 9.77. The third kappa shape index (κ3) is 6.08. The van der Waals surface area contributed by atoms with Gasteiger partial charge in [-0.15, -0.1) is 0 Å². The number of hydrogen-bond acceptors (Lipinski definition) is 11. The standard InChI is InChI=1S/C20H20N4O10S/c1-10(34-35(29,30)31)16(13-9-21-17-15(22-13)18(26)23-20(28)24(17)2)33-19(27)14(32-3)8-11-4-6-12(25)7-5-11/h4-10,16,25H,1-3H3,(H,23,26,28)(H,29,30,31)/t10-,16+/m1/s1. The molecule has 0 radical (unpaired) electrons. The number of aromatic amines is 1. The average molecular weight is 508 g/mol. The van der Waals surface area contributed by atoms with E-state index in [1.54, 1.807) is 0 Å². The van der Waals surface area contributed by atoms with Gasteiger partial charge in [-0.1, -0.05) is 12.1 Å². The number of ether oxygens (including phenoxy) is 2. The van der Waals surface area contributed by atoms with Gasteiger partial charge in [-0.3, -0.25) is 18.9 Å². The number of nitrogens with zero attached hydrogens (tertiary/aromatic N) is 3. The molecule has 3 aromatic rings. The van der Waals surface area contributed by atoms with Crippen LogP contribution >= 0.6 is 0 Å². The van der Waals surface area contributed by atoms with E-state index in [1.807, 2.05) is 4.98 Å². The molecule has 2 heterocycles. The first-order valence-corrected chi connectivity index (χ1v) is 11.1. The molecule has 0 saturated heterocycles. The van der Waals surface area contributed by atoms with Crippen LogP contribution in [0.1, 0.15) is 24.3 Å². The molecule has 0 aliphatic rings. The van der Waals surface area contributed by atoms with E-state index in [2.05, 4.69) is 14.2 Å². The fourth-order valence-electron chi connectivity index (χ4n) is 3.00. The smallest absolute Gasteiger partial charge is 0.397 e. The highest BCUT2D eigenvalue weighted by Gasteiger charge is 2.31.